The molecule has 0 radical (unpaired) electrons. The monoisotopic (exact) mass is 382 g/mol. The van der Waals surface area contributed by atoms with Crippen LogP contribution in [0.15, 0.2) is 59.6 Å². The van der Waals surface area contributed by atoms with Crippen molar-refractivity contribution in [3.63, 3.8) is 0 Å². The van der Waals surface area contributed by atoms with Crippen molar-refractivity contribution in [1.82, 2.24) is 19.6 Å². The quantitative estimate of drug-likeness (QED) is 0.682. The van der Waals surface area contributed by atoms with Gasteiger partial charge in [0, 0.05) is 57.8 Å². The largest absolute Gasteiger partial charge is 0.396 e. The van der Waals surface area contributed by atoms with E-state index in [1.165, 1.54) is 11.1 Å². The first-order chi connectivity index (χ1) is 13.3. The highest BCUT2D eigenvalue weighted by atomic mass is 32.1. The van der Waals surface area contributed by atoms with Gasteiger partial charge in [-0.3, -0.25) is 9.80 Å². The molecule has 1 aromatic carbocycles. The highest BCUT2D eigenvalue weighted by Crippen LogP contribution is 2.20. The fraction of sp³-hybridized carbons (Fsp3) is 0.381. The molecule has 6 heteroatoms. The van der Waals surface area contributed by atoms with E-state index < -0.39 is 0 Å². The van der Waals surface area contributed by atoms with E-state index in [-0.39, 0.29) is 6.61 Å². The van der Waals surface area contributed by atoms with Crippen molar-refractivity contribution in [2.45, 2.75) is 25.6 Å². The Bertz CT molecular complexity index is 819. The smallest absolute Gasteiger partial charge is 0.0648 e. The van der Waals surface area contributed by atoms with Crippen LogP contribution >= 0.6 is 11.3 Å². The Morgan fingerprint density at radius 1 is 1.11 bits per heavy atom. The third-order valence-corrected chi connectivity index (χ3v) is 5.93. The number of benzene rings is 1. The Morgan fingerprint density at radius 2 is 2.07 bits per heavy atom. The summed E-state index contributed by atoms with van der Waals surface area (Å²) < 4.78 is 1.90. The van der Waals surface area contributed by atoms with E-state index in [4.69, 9.17) is 0 Å². The summed E-state index contributed by atoms with van der Waals surface area (Å²) in [6.45, 7) is 5.25. The molecule has 1 aliphatic rings. The third-order valence-electron chi connectivity index (χ3n) is 5.20. The number of hydrogen-bond donors (Lipinski definition) is 1. The lowest BCUT2D eigenvalue weighted by molar-refractivity contribution is 0.0500. The molecule has 0 bridgehead atoms. The van der Waals surface area contributed by atoms with Crippen LogP contribution in [0.5, 0.6) is 0 Å². The number of nitrogens with zero attached hydrogens (tertiary/aromatic N) is 4. The Hall–Kier alpha value is -1.99. The molecule has 2 aromatic heterocycles. The van der Waals surface area contributed by atoms with Crippen LogP contribution in [-0.2, 0) is 13.1 Å². The molecule has 0 saturated carbocycles. The Labute approximate surface area is 164 Å². The summed E-state index contributed by atoms with van der Waals surface area (Å²) in [6, 6.07) is 13.1. The number of piperazine rings is 1. The van der Waals surface area contributed by atoms with Gasteiger partial charge in [0.15, 0.2) is 0 Å². The molecule has 0 spiro atoms. The van der Waals surface area contributed by atoms with Crippen molar-refractivity contribution in [1.29, 1.82) is 0 Å². The summed E-state index contributed by atoms with van der Waals surface area (Å²) >= 11 is 1.75. The summed E-state index contributed by atoms with van der Waals surface area (Å²) in [6.07, 6.45) is 4.60. The first-order valence-electron chi connectivity index (χ1n) is 9.49. The van der Waals surface area contributed by atoms with Crippen LogP contribution in [-0.4, -0.2) is 57.0 Å². The summed E-state index contributed by atoms with van der Waals surface area (Å²) in [4.78, 5) is 5.03. The molecule has 1 N–H and O–H groups in total. The van der Waals surface area contributed by atoms with Crippen LogP contribution in [0, 0.1) is 0 Å². The van der Waals surface area contributed by atoms with Crippen LogP contribution in [0.4, 0.5) is 0 Å². The second-order valence-electron chi connectivity index (χ2n) is 7.12. The third kappa shape index (κ3) is 4.65. The molecular weight excluding hydrogens is 356 g/mol. The average Bonchev–Trinajstić information content (AvgIpc) is 3.38. The number of thiophene rings is 1. The van der Waals surface area contributed by atoms with E-state index in [0.717, 1.165) is 44.8 Å². The van der Waals surface area contributed by atoms with Crippen molar-refractivity contribution in [3.8, 4) is 5.69 Å². The molecule has 0 aliphatic carbocycles. The second kappa shape index (κ2) is 8.80. The second-order valence-corrected chi connectivity index (χ2v) is 7.90. The van der Waals surface area contributed by atoms with Crippen LogP contribution in [0.2, 0.25) is 0 Å². The van der Waals surface area contributed by atoms with E-state index in [1.807, 2.05) is 16.9 Å². The minimum Gasteiger partial charge on any atom is -0.396 e. The Morgan fingerprint density at radius 3 is 2.85 bits per heavy atom. The van der Waals surface area contributed by atoms with E-state index in [1.54, 1.807) is 17.5 Å². The van der Waals surface area contributed by atoms with Gasteiger partial charge < -0.3 is 5.11 Å². The fourth-order valence-electron chi connectivity index (χ4n) is 3.83. The van der Waals surface area contributed by atoms with Crippen LogP contribution in [0.1, 0.15) is 17.5 Å². The van der Waals surface area contributed by atoms with Gasteiger partial charge in [-0.2, -0.15) is 16.4 Å². The number of aliphatic hydroxyl groups excluding tert-OH is 1. The highest BCUT2D eigenvalue weighted by Gasteiger charge is 2.26. The molecule has 0 amide bonds. The maximum atomic E-state index is 9.53. The molecule has 27 heavy (non-hydrogen) atoms. The normalized spacial score (nSPS) is 18.8. The standard InChI is InChI=1S/C21H26N4OS/c26-11-5-21-16-23(9-10-24(21)15-19-6-12-27-17-19)14-18-3-1-4-20(13-18)25-8-2-7-22-25/h1-4,6-8,12-13,17,21,26H,5,9-11,14-16H2. The summed E-state index contributed by atoms with van der Waals surface area (Å²) in [5.74, 6) is 0. The molecule has 1 unspecified atom stereocenters. The predicted octanol–water partition coefficient (Wildman–Crippen LogP) is 3.00. The zero-order valence-corrected chi connectivity index (χ0v) is 16.3. The summed E-state index contributed by atoms with van der Waals surface area (Å²) in [5, 5.41) is 18.2. The first kappa shape index (κ1) is 18.4. The SMILES string of the molecule is OCCC1CN(Cc2cccc(-n3cccn3)c2)CCN1Cc1ccsc1. The molecule has 1 aliphatic heterocycles. The van der Waals surface area contributed by atoms with Crippen molar-refractivity contribution in [2.75, 3.05) is 26.2 Å². The predicted molar refractivity (Wildman–Crippen MR) is 109 cm³/mol. The number of rotatable bonds is 7. The Balaban J connectivity index is 1.41. The van der Waals surface area contributed by atoms with Gasteiger partial charge in [0.1, 0.15) is 0 Å². The number of aromatic nitrogens is 2. The molecule has 1 saturated heterocycles. The van der Waals surface area contributed by atoms with Crippen molar-refractivity contribution in [2.24, 2.45) is 0 Å². The van der Waals surface area contributed by atoms with Gasteiger partial charge in [0.25, 0.3) is 0 Å². The minimum atomic E-state index is 0.243. The van der Waals surface area contributed by atoms with Crippen molar-refractivity contribution < 1.29 is 5.11 Å². The zero-order chi connectivity index (χ0) is 18.5. The minimum absolute atomic E-state index is 0.243. The average molecular weight is 383 g/mol. The van der Waals surface area contributed by atoms with Gasteiger partial charge >= 0.3 is 0 Å². The van der Waals surface area contributed by atoms with Gasteiger partial charge in [0.2, 0.25) is 0 Å². The van der Waals surface area contributed by atoms with Gasteiger partial charge in [0.05, 0.1) is 5.69 Å². The molecular formula is C21H26N4OS. The van der Waals surface area contributed by atoms with Gasteiger partial charge in [-0.15, -0.1) is 0 Å². The van der Waals surface area contributed by atoms with Gasteiger partial charge in [-0.25, -0.2) is 4.68 Å². The lowest BCUT2D eigenvalue weighted by Gasteiger charge is -2.41. The lowest BCUT2D eigenvalue weighted by atomic mass is 10.1. The molecule has 4 rings (SSSR count). The van der Waals surface area contributed by atoms with Gasteiger partial charge in [-0.05, 0) is 52.6 Å². The summed E-state index contributed by atoms with van der Waals surface area (Å²) in [5.41, 5.74) is 3.78. The molecule has 3 heterocycles. The van der Waals surface area contributed by atoms with Crippen molar-refractivity contribution in [3.05, 3.63) is 70.7 Å². The molecule has 5 nitrogen and oxygen atoms in total. The molecule has 3 aromatic rings. The zero-order valence-electron chi connectivity index (χ0n) is 15.4. The topological polar surface area (TPSA) is 44.5 Å². The first-order valence-corrected chi connectivity index (χ1v) is 10.4. The molecule has 1 fully saturated rings. The molecule has 1 atom stereocenters. The van der Waals surface area contributed by atoms with Crippen LogP contribution in [0.3, 0.4) is 0 Å². The Kier molecular flexibility index (Phi) is 5.99. The fourth-order valence-corrected chi connectivity index (χ4v) is 4.49. The number of hydrogen-bond acceptors (Lipinski definition) is 5. The molecule has 142 valence electrons. The summed E-state index contributed by atoms with van der Waals surface area (Å²) in [7, 11) is 0. The number of aliphatic hydroxyl groups is 1. The van der Waals surface area contributed by atoms with Gasteiger partial charge in [-0.1, -0.05) is 12.1 Å². The van der Waals surface area contributed by atoms with E-state index >= 15 is 0 Å². The maximum Gasteiger partial charge on any atom is 0.0648 e. The van der Waals surface area contributed by atoms with Crippen LogP contribution in [0.25, 0.3) is 5.69 Å². The van der Waals surface area contributed by atoms with Crippen LogP contribution < -0.4 is 0 Å². The highest BCUT2D eigenvalue weighted by molar-refractivity contribution is 7.07. The maximum absolute atomic E-state index is 9.53. The van der Waals surface area contributed by atoms with Crippen molar-refractivity contribution >= 4 is 11.3 Å². The van der Waals surface area contributed by atoms with E-state index in [9.17, 15) is 5.11 Å². The van der Waals surface area contributed by atoms with E-state index in [0.29, 0.717) is 6.04 Å². The van der Waals surface area contributed by atoms with E-state index in [2.05, 4.69) is 56.0 Å². The lowest BCUT2D eigenvalue weighted by Crippen LogP contribution is -2.52.